The molecule has 6 nitrogen and oxygen atoms in total. The number of aliphatic hydroxyl groups is 1. The topological polar surface area (TPSA) is 68.8 Å². The fourth-order valence-corrected chi connectivity index (χ4v) is 3.56. The monoisotopic (exact) mass is 421 g/mol. The SMILES string of the molecule is C[C@H](c1ccc(C=Cn2ccnc2)cc1)[C@@](O)(Cn1cncn1)c1ccc(F)cc1F. The minimum atomic E-state index is -1.68. The van der Waals surface area contributed by atoms with Gasteiger partial charge in [-0.2, -0.15) is 5.10 Å². The second-order valence-electron chi connectivity index (χ2n) is 7.36. The summed E-state index contributed by atoms with van der Waals surface area (Å²) in [5.41, 5.74) is 0.0733. The summed E-state index contributed by atoms with van der Waals surface area (Å²) in [7, 11) is 0. The van der Waals surface area contributed by atoms with Gasteiger partial charge in [-0.25, -0.2) is 23.4 Å². The minimum Gasteiger partial charge on any atom is -0.382 e. The summed E-state index contributed by atoms with van der Waals surface area (Å²) in [5.74, 6) is -2.04. The molecule has 158 valence electrons. The van der Waals surface area contributed by atoms with Crippen molar-refractivity contribution in [2.24, 2.45) is 0 Å². The van der Waals surface area contributed by atoms with E-state index in [0.717, 1.165) is 23.3 Å². The molecule has 0 unspecified atom stereocenters. The van der Waals surface area contributed by atoms with Crippen LogP contribution in [0.3, 0.4) is 0 Å². The van der Waals surface area contributed by atoms with E-state index in [4.69, 9.17) is 0 Å². The molecule has 1 N–H and O–H groups in total. The molecule has 2 heterocycles. The fourth-order valence-electron chi connectivity index (χ4n) is 3.56. The molecule has 0 saturated heterocycles. The van der Waals surface area contributed by atoms with Crippen molar-refractivity contribution in [2.75, 3.05) is 0 Å². The van der Waals surface area contributed by atoms with Gasteiger partial charge in [-0.05, 0) is 23.3 Å². The molecule has 0 bridgehead atoms. The third-order valence-corrected chi connectivity index (χ3v) is 5.38. The zero-order valence-corrected chi connectivity index (χ0v) is 16.8. The number of rotatable bonds is 7. The van der Waals surface area contributed by atoms with Gasteiger partial charge in [0.2, 0.25) is 0 Å². The van der Waals surface area contributed by atoms with Crippen molar-refractivity contribution in [1.29, 1.82) is 0 Å². The Balaban J connectivity index is 1.66. The normalized spacial score (nSPS) is 14.6. The number of imidazole rings is 1. The quantitative estimate of drug-likeness (QED) is 0.488. The van der Waals surface area contributed by atoms with Gasteiger partial charge in [0.25, 0.3) is 0 Å². The van der Waals surface area contributed by atoms with E-state index < -0.39 is 23.2 Å². The zero-order valence-electron chi connectivity index (χ0n) is 16.8. The van der Waals surface area contributed by atoms with Crippen LogP contribution in [0, 0.1) is 11.6 Å². The van der Waals surface area contributed by atoms with Gasteiger partial charge in [-0.3, -0.25) is 0 Å². The molecular formula is C23H21F2N5O. The standard InChI is InChI=1S/C23H21F2N5O/c1-17(19-4-2-18(3-5-19)8-10-29-11-9-26-15-29)23(31,13-30-16-27-14-28-30)21-7-6-20(24)12-22(21)25/h2-12,14-17,31H,13H2,1H3/t17-,23+/m1/s1. The molecular weight excluding hydrogens is 400 g/mol. The van der Waals surface area contributed by atoms with Crippen LogP contribution in [-0.2, 0) is 12.1 Å². The molecule has 0 fully saturated rings. The highest BCUT2D eigenvalue weighted by molar-refractivity contribution is 5.60. The summed E-state index contributed by atoms with van der Waals surface area (Å²) in [6.07, 6.45) is 11.8. The van der Waals surface area contributed by atoms with Crippen molar-refractivity contribution in [3.8, 4) is 0 Å². The molecule has 4 rings (SSSR count). The Bertz CT molecular complexity index is 1160. The van der Waals surface area contributed by atoms with E-state index in [1.165, 1.54) is 23.4 Å². The number of benzene rings is 2. The van der Waals surface area contributed by atoms with Gasteiger partial charge in [0, 0.05) is 36.1 Å². The van der Waals surface area contributed by atoms with Crippen LogP contribution in [0.5, 0.6) is 0 Å². The number of nitrogens with zero attached hydrogens (tertiary/aromatic N) is 5. The number of hydrogen-bond acceptors (Lipinski definition) is 4. The van der Waals surface area contributed by atoms with E-state index in [1.807, 2.05) is 47.3 Å². The van der Waals surface area contributed by atoms with Crippen molar-refractivity contribution in [3.05, 3.63) is 102 Å². The first kappa shape index (κ1) is 20.6. The Labute approximate surface area is 178 Å². The molecule has 0 radical (unpaired) electrons. The molecule has 0 aliphatic rings. The van der Waals surface area contributed by atoms with E-state index in [9.17, 15) is 13.9 Å². The number of hydrogen-bond donors (Lipinski definition) is 1. The smallest absolute Gasteiger partial charge is 0.137 e. The summed E-state index contributed by atoms with van der Waals surface area (Å²) in [5, 5.41) is 15.7. The molecule has 0 aliphatic carbocycles. The van der Waals surface area contributed by atoms with Gasteiger partial charge < -0.3 is 9.67 Å². The molecule has 0 aliphatic heterocycles. The van der Waals surface area contributed by atoms with Gasteiger partial charge >= 0.3 is 0 Å². The Morgan fingerprint density at radius 3 is 2.55 bits per heavy atom. The molecule has 8 heteroatoms. The van der Waals surface area contributed by atoms with Crippen LogP contribution in [0.15, 0.2) is 73.8 Å². The second-order valence-corrected chi connectivity index (χ2v) is 7.36. The predicted molar refractivity (Wildman–Crippen MR) is 113 cm³/mol. The van der Waals surface area contributed by atoms with Crippen molar-refractivity contribution in [1.82, 2.24) is 24.3 Å². The third-order valence-electron chi connectivity index (χ3n) is 5.38. The van der Waals surface area contributed by atoms with E-state index in [1.54, 1.807) is 19.4 Å². The Morgan fingerprint density at radius 1 is 1.10 bits per heavy atom. The lowest BCUT2D eigenvalue weighted by molar-refractivity contribution is -0.0112. The molecule has 2 atom stereocenters. The average molecular weight is 421 g/mol. The van der Waals surface area contributed by atoms with E-state index in [-0.39, 0.29) is 12.1 Å². The van der Waals surface area contributed by atoms with Gasteiger partial charge in [-0.1, -0.05) is 37.3 Å². The molecule has 0 spiro atoms. The number of halogens is 2. The van der Waals surface area contributed by atoms with E-state index in [0.29, 0.717) is 0 Å². The third kappa shape index (κ3) is 4.44. The molecule has 31 heavy (non-hydrogen) atoms. The van der Waals surface area contributed by atoms with Gasteiger partial charge in [-0.15, -0.1) is 0 Å². The van der Waals surface area contributed by atoms with Crippen LogP contribution in [0.1, 0.15) is 29.5 Å². The maximum absolute atomic E-state index is 14.7. The Morgan fingerprint density at radius 2 is 1.90 bits per heavy atom. The predicted octanol–water partition coefficient (Wildman–Crippen LogP) is 4.07. The highest BCUT2D eigenvalue weighted by atomic mass is 19.1. The summed E-state index contributed by atoms with van der Waals surface area (Å²) in [6.45, 7) is 1.76. The van der Waals surface area contributed by atoms with Gasteiger partial charge in [0.15, 0.2) is 0 Å². The van der Waals surface area contributed by atoms with Crippen LogP contribution < -0.4 is 0 Å². The number of aromatic nitrogens is 5. The first-order chi connectivity index (χ1) is 15.0. The summed E-state index contributed by atoms with van der Waals surface area (Å²) < 4.78 is 31.4. The van der Waals surface area contributed by atoms with Crippen LogP contribution in [0.25, 0.3) is 12.3 Å². The lowest BCUT2D eigenvalue weighted by atomic mass is 9.78. The van der Waals surface area contributed by atoms with Crippen molar-refractivity contribution >= 4 is 12.3 Å². The van der Waals surface area contributed by atoms with Crippen molar-refractivity contribution in [2.45, 2.75) is 25.0 Å². The lowest BCUT2D eigenvalue weighted by Crippen LogP contribution is -2.38. The fraction of sp³-hybridized carbons (Fsp3) is 0.174. The minimum absolute atomic E-state index is 0.000908. The maximum Gasteiger partial charge on any atom is 0.137 e. The van der Waals surface area contributed by atoms with E-state index >= 15 is 0 Å². The summed E-state index contributed by atoms with van der Waals surface area (Å²) in [6, 6.07) is 10.8. The molecule has 2 aromatic carbocycles. The Kier molecular flexibility index (Phi) is 5.73. The van der Waals surface area contributed by atoms with Gasteiger partial charge in [0.05, 0.1) is 12.9 Å². The molecule has 0 amide bonds. The zero-order chi connectivity index (χ0) is 21.8. The van der Waals surface area contributed by atoms with Crippen LogP contribution in [-0.4, -0.2) is 29.4 Å². The van der Waals surface area contributed by atoms with Crippen molar-refractivity contribution < 1.29 is 13.9 Å². The molecule has 2 aromatic heterocycles. The maximum atomic E-state index is 14.7. The van der Waals surface area contributed by atoms with Crippen molar-refractivity contribution in [3.63, 3.8) is 0 Å². The van der Waals surface area contributed by atoms with Gasteiger partial charge in [0.1, 0.15) is 29.9 Å². The largest absolute Gasteiger partial charge is 0.382 e. The Hall–Kier alpha value is -3.65. The first-order valence-corrected chi connectivity index (χ1v) is 9.71. The average Bonchev–Trinajstić information content (AvgIpc) is 3.46. The highest BCUT2D eigenvalue weighted by Gasteiger charge is 2.39. The highest BCUT2D eigenvalue weighted by Crippen LogP contribution is 2.39. The second kappa shape index (κ2) is 8.61. The van der Waals surface area contributed by atoms with E-state index in [2.05, 4.69) is 15.1 Å². The molecule has 4 aromatic rings. The van der Waals surface area contributed by atoms with Crippen LogP contribution in [0.4, 0.5) is 8.78 Å². The van der Waals surface area contributed by atoms with Crippen LogP contribution >= 0.6 is 0 Å². The summed E-state index contributed by atoms with van der Waals surface area (Å²) in [4.78, 5) is 7.88. The summed E-state index contributed by atoms with van der Waals surface area (Å²) >= 11 is 0. The first-order valence-electron chi connectivity index (χ1n) is 9.71. The lowest BCUT2D eigenvalue weighted by Gasteiger charge is -2.35. The molecule has 0 saturated carbocycles. The van der Waals surface area contributed by atoms with Crippen LogP contribution in [0.2, 0.25) is 0 Å².